The average Bonchev–Trinajstić information content (AvgIpc) is 3.24. The van der Waals surface area contributed by atoms with E-state index in [0.29, 0.717) is 22.7 Å². The number of methoxy groups -OCH3 is 1. The molecule has 28 heavy (non-hydrogen) atoms. The number of nitrogens with one attached hydrogen (secondary N) is 1. The Bertz CT molecular complexity index is 1180. The highest BCUT2D eigenvalue weighted by Crippen LogP contribution is 2.37. The average molecular weight is 528 g/mol. The summed E-state index contributed by atoms with van der Waals surface area (Å²) < 4.78 is 8.94. The lowest BCUT2D eigenvalue weighted by Gasteiger charge is -2.08. The molecular weight excluding hydrogens is 513 g/mol. The second kappa shape index (κ2) is 7.76. The summed E-state index contributed by atoms with van der Waals surface area (Å²) in [6, 6.07) is 1.94. The smallest absolute Gasteiger partial charge is 0.256 e. The van der Waals surface area contributed by atoms with Crippen molar-refractivity contribution in [2.75, 3.05) is 12.4 Å². The lowest BCUT2D eigenvalue weighted by molar-refractivity contribution is 0.393. The second-order valence-electron chi connectivity index (χ2n) is 6.01. The molecule has 1 N–H and O–H groups in total. The first-order valence-electron chi connectivity index (χ1n) is 8.15. The van der Waals surface area contributed by atoms with Crippen molar-refractivity contribution in [1.82, 2.24) is 28.7 Å². The van der Waals surface area contributed by atoms with Crippen molar-refractivity contribution in [3.8, 4) is 17.1 Å². The van der Waals surface area contributed by atoms with E-state index in [9.17, 15) is 0 Å². The van der Waals surface area contributed by atoms with Crippen LogP contribution < -0.4 is 10.1 Å². The number of anilines is 2. The number of fused-ring (bicyclic) bond motifs is 1. The van der Waals surface area contributed by atoms with E-state index in [2.05, 4.69) is 41.6 Å². The van der Waals surface area contributed by atoms with Crippen LogP contribution in [0.5, 0.6) is 5.88 Å². The molecule has 0 amide bonds. The number of hydrogen-bond acceptors (Lipinski definition) is 7. The molecule has 0 radical (unpaired) electrons. The number of nitrogens with zero attached hydrogens (tertiary/aromatic N) is 6. The summed E-state index contributed by atoms with van der Waals surface area (Å²) in [6.45, 7) is 1.98. The number of aromatic nitrogens is 6. The molecule has 11 heteroatoms. The summed E-state index contributed by atoms with van der Waals surface area (Å²) in [5.41, 5.74) is 4.29. The van der Waals surface area contributed by atoms with Crippen molar-refractivity contribution in [2.24, 2.45) is 7.05 Å². The molecule has 4 aromatic rings. The summed E-state index contributed by atoms with van der Waals surface area (Å²) in [7, 11) is 4.92. The predicted molar refractivity (Wildman–Crippen MR) is 121 cm³/mol. The van der Waals surface area contributed by atoms with Crippen molar-refractivity contribution in [3.63, 3.8) is 0 Å². The third-order valence-corrected chi connectivity index (χ3v) is 6.16. The molecule has 4 aromatic heterocycles. The SMILES string of the molecule is COc1nn(C)cc1Nc1ncc(C)c(-c2cn(SI)c3c(Cl)nccc23)n1. The van der Waals surface area contributed by atoms with Crippen LogP contribution in [-0.2, 0) is 7.05 Å². The Kier molecular flexibility index (Phi) is 5.34. The zero-order valence-electron chi connectivity index (χ0n) is 15.1. The molecule has 0 atom stereocenters. The van der Waals surface area contributed by atoms with Gasteiger partial charge in [0.1, 0.15) is 5.69 Å². The maximum Gasteiger partial charge on any atom is 0.256 e. The molecule has 0 spiro atoms. The fourth-order valence-electron chi connectivity index (χ4n) is 2.95. The zero-order valence-corrected chi connectivity index (χ0v) is 18.9. The number of ether oxygens (including phenoxy) is 1. The first-order chi connectivity index (χ1) is 13.5. The van der Waals surface area contributed by atoms with Gasteiger partial charge in [-0.25, -0.2) is 15.0 Å². The summed E-state index contributed by atoms with van der Waals surface area (Å²) in [6.07, 6.45) is 7.31. The number of halogens is 2. The number of hydrogen-bond donors (Lipinski definition) is 1. The van der Waals surface area contributed by atoms with Gasteiger partial charge >= 0.3 is 0 Å². The van der Waals surface area contributed by atoms with E-state index >= 15 is 0 Å². The fourth-order valence-corrected chi connectivity index (χ4v) is 4.58. The normalized spacial score (nSPS) is 11.2. The van der Waals surface area contributed by atoms with E-state index in [4.69, 9.17) is 21.3 Å². The van der Waals surface area contributed by atoms with Gasteiger partial charge in [0.05, 0.1) is 24.5 Å². The van der Waals surface area contributed by atoms with Gasteiger partial charge < -0.3 is 10.1 Å². The van der Waals surface area contributed by atoms with Crippen molar-refractivity contribution in [2.45, 2.75) is 6.92 Å². The van der Waals surface area contributed by atoms with E-state index < -0.39 is 0 Å². The Balaban J connectivity index is 1.82. The molecule has 0 bridgehead atoms. The van der Waals surface area contributed by atoms with Gasteiger partial charge in [-0.15, -0.1) is 5.10 Å². The Hall–Kier alpha value is -2.05. The van der Waals surface area contributed by atoms with E-state index in [1.807, 2.05) is 36.4 Å². The minimum Gasteiger partial charge on any atom is -0.478 e. The zero-order chi connectivity index (χ0) is 19.8. The van der Waals surface area contributed by atoms with E-state index in [1.54, 1.807) is 24.2 Å². The fraction of sp³-hybridized carbons (Fsp3) is 0.176. The minimum atomic E-state index is 0.454. The molecule has 0 aliphatic carbocycles. The molecule has 0 unspecified atom stereocenters. The summed E-state index contributed by atoms with van der Waals surface area (Å²) >= 11 is 8.56. The summed E-state index contributed by atoms with van der Waals surface area (Å²) in [4.78, 5) is 13.3. The molecule has 0 saturated carbocycles. The van der Waals surface area contributed by atoms with Crippen molar-refractivity contribution < 1.29 is 4.74 Å². The monoisotopic (exact) mass is 527 g/mol. The van der Waals surface area contributed by atoms with Crippen LogP contribution in [0, 0.1) is 6.92 Å². The maximum absolute atomic E-state index is 6.34. The highest BCUT2D eigenvalue weighted by Gasteiger charge is 2.18. The van der Waals surface area contributed by atoms with Crippen LogP contribution in [0.4, 0.5) is 11.6 Å². The van der Waals surface area contributed by atoms with Crippen molar-refractivity contribution in [3.05, 3.63) is 41.6 Å². The molecular formula is C17H15ClIN7OS. The van der Waals surface area contributed by atoms with Crippen molar-refractivity contribution >= 4 is 64.5 Å². The molecule has 0 aliphatic rings. The van der Waals surface area contributed by atoms with Crippen LogP contribution in [0.15, 0.2) is 30.9 Å². The van der Waals surface area contributed by atoms with Crippen LogP contribution in [0.25, 0.3) is 22.2 Å². The number of rotatable bonds is 5. The van der Waals surface area contributed by atoms with Gasteiger partial charge in [0.25, 0.3) is 5.88 Å². The van der Waals surface area contributed by atoms with Crippen LogP contribution in [0.1, 0.15) is 5.56 Å². The Morgan fingerprint density at radius 3 is 2.86 bits per heavy atom. The third-order valence-electron chi connectivity index (χ3n) is 4.17. The molecule has 144 valence electrons. The van der Waals surface area contributed by atoms with Crippen LogP contribution in [-0.4, -0.2) is 35.8 Å². The first-order valence-corrected chi connectivity index (χ1v) is 11.8. The van der Waals surface area contributed by atoms with Crippen LogP contribution >= 0.6 is 41.9 Å². The first kappa shape index (κ1) is 19.3. The highest BCUT2D eigenvalue weighted by atomic mass is 127. The van der Waals surface area contributed by atoms with E-state index in [0.717, 1.165) is 27.7 Å². The Morgan fingerprint density at radius 2 is 2.11 bits per heavy atom. The van der Waals surface area contributed by atoms with Gasteiger partial charge in [-0.2, -0.15) is 0 Å². The largest absolute Gasteiger partial charge is 0.478 e. The molecule has 8 nitrogen and oxygen atoms in total. The topological polar surface area (TPSA) is 82.7 Å². The molecule has 0 aliphatic heterocycles. The standard InChI is InChI=1S/C17H15ClIN7OS/c1-9-6-21-17(22-12-8-25(2)24-16(12)27-3)23-13(9)11-7-26(28-19)14-10(11)4-5-20-15(14)18/h4-8H,1-3H3,(H,21,22,23). The quantitative estimate of drug-likeness (QED) is 0.295. The van der Waals surface area contributed by atoms with E-state index in [-0.39, 0.29) is 0 Å². The van der Waals surface area contributed by atoms with Crippen molar-refractivity contribution in [1.29, 1.82) is 0 Å². The lowest BCUT2D eigenvalue weighted by Crippen LogP contribution is -2.00. The van der Waals surface area contributed by atoms with Crippen LogP contribution in [0.2, 0.25) is 5.15 Å². The lowest BCUT2D eigenvalue weighted by atomic mass is 10.1. The molecule has 0 saturated heterocycles. The third kappa shape index (κ3) is 3.40. The highest BCUT2D eigenvalue weighted by molar-refractivity contribution is 14.2. The molecule has 4 rings (SSSR count). The van der Waals surface area contributed by atoms with Gasteiger partial charge in [-0.1, -0.05) is 11.6 Å². The maximum atomic E-state index is 6.34. The molecule has 0 aromatic carbocycles. The van der Waals surface area contributed by atoms with E-state index in [1.165, 1.54) is 9.12 Å². The van der Waals surface area contributed by atoms with Crippen LogP contribution in [0.3, 0.4) is 0 Å². The molecule has 0 fully saturated rings. The van der Waals surface area contributed by atoms with Gasteiger partial charge in [0.2, 0.25) is 5.95 Å². The summed E-state index contributed by atoms with van der Waals surface area (Å²) in [5, 5.41) is 8.85. The number of aryl methyl sites for hydroxylation is 2. The van der Waals surface area contributed by atoms with Gasteiger partial charge in [0, 0.05) is 66.9 Å². The van der Waals surface area contributed by atoms with Gasteiger partial charge in [-0.05, 0) is 18.6 Å². The predicted octanol–water partition coefficient (Wildman–Crippen LogP) is 4.79. The minimum absolute atomic E-state index is 0.454. The van der Waals surface area contributed by atoms with Gasteiger partial charge in [0.15, 0.2) is 5.15 Å². The summed E-state index contributed by atoms with van der Waals surface area (Å²) in [5.74, 6) is 0.930. The Labute approximate surface area is 182 Å². The molecule has 4 heterocycles. The number of pyridine rings is 1. The van der Waals surface area contributed by atoms with Gasteiger partial charge in [-0.3, -0.25) is 8.65 Å². The second-order valence-corrected chi connectivity index (χ2v) is 8.08. The Morgan fingerprint density at radius 1 is 1.29 bits per heavy atom.